The number of anilines is 1. The van der Waals surface area contributed by atoms with Crippen LogP contribution in [0, 0.1) is 5.82 Å². The van der Waals surface area contributed by atoms with E-state index in [9.17, 15) is 9.18 Å². The molecule has 0 unspecified atom stereocenters. The number of nitrogens with zero attached hydrogens (tertiary/aromatic N) is 3. The third-order valence-corrected chi connectivity index (χ3v) is 3.27. The van der Waals surface area contributed by atoms with E-state index in [1.807, 2.05) is 0 Å². The van der Waals surface area contributed by atoms with Gasteiger partial charge < -0.3 is 5.32 Å². The third-order valence-electron chi connectivity index (χ3n) is 2.97. The number of carbonyl (C=O) groups is 1. The summed E-state index contributed by atoms with van der Waals surface area (Å²) in [4.78, 5) is 11.9. The molecule has 2 N–H and O–H groups in total. The van der Waals surface area contributed by atoms with Crippen LogP contribution in [-0.4, -0.2) is 20.6 Å². The quantitative estimate of drug-likeness (QED) is 0.729. The summed E-state index contributed by atoms with van der Waals surface area (Å²) in [7, 11) is 0. The van der Waals surface area contributed by atoms with Crippen LogP contribution in [-0.2, 0) is 6.54 Å². The van der Waals surface area contributed by atoms with Gasteiger partial charge in [0.1, 0.15) is 11.0 Å². The number of halogens is 2. The number of benzene rings is 1. The molecule has 3 rings (SSSR count). The molecule has 112 valence electrons. The number of fused-ring (bicyclic) bond motifs is 1. The number of pyridine rings is 1. The molecule has 0 aliphatic carbocycles. The van der Waals surface area contributed by atoms with Gasteiger partial charge in [0, 0.05) is 6.54 Å². The summed E-state index contributed by atoms with van der Waals surface area (Å²) in [5.74, 6) is -0.102. The fraction of sp³-hybridized carbons (Fsp3) is 0.0714. The van der Waals surface area contributed by atoms with Crippen LogP contribution >= 0.6 is 11.6 Å². The molecule has 3 aromatic rings. The lowest BCUT2D eigenvalue weighted by atomic mass is 10.2. The van der Waals surface area contributed by atoms with Gasteiger partial charge in [0.25, 0.3) is 0 Å². The standard InChI is InChI=1S/C14H11ClFN5O/c15-11-2-1-3-12-19-20-13(21(11)12)18-14(22)17-8-9-4-6-10(16)7-5-9/h1-7H,8H2,(H2,17,18,20,22). The number of hydrogen-bond acceptors (Lipinski definition) is 3. The molecule has 0 fully saturated rings. The summed E-state index contributed by atoms with van der Waals surface area (Å²) in [6.45, 7) is 0.260. The molecule has 6 nitrogen and oxygen atoms in total. The fourth-order valence-electron chi connectivity index (χ4n) is 1.91. The van der Waals surface area contributed by atoms with Gasteiger partial charge >= 0.3 is 6.03 Å². The molecule has 2 aromatic heterocycles. The maximum atomic E-state index is 12.8. The highest BCUT2D eigenvalue weighted by Crippen LogP contribution is 2.16. The van der Waals surface area contributed by atoms with E-state index in [-0.39, 0.29) is 18.3 Å². The van der Waals surface area contributed by atoms with Gasteiger partial charge in [0.2, 0.25) is 5.95 Å². The Balaban J connectivity index is 1.67. The fourth-order valence-corrected chi connectivity index (χ4v) is 2.15. The predicted octanol–water partition coefficient (Wildman–Crippen LogP) is 2.84. The van der Waals surface area contributed by atoms with E-state index in [1.165, 1.54) is 16.5 Å². The predicted molar refractivity (Wildman–Crippen MR) is 80.3 cm³/mol. The van der Waals surface area contributed by atoms with Crippen molar-refractivity contribution in [1.29, 1.82) is 0 Å². The smallest absolute Gasteiger partial charge is 0.321 e. The molecule has 1 aromatic carbocycles. The summed E-state index contributed by atoms with van der Waals surface area (Å²) >= 11 is 6.05. The second-order valence-electron chi connectivity index (χ2n) is 4.50. The number of nitrogens with one attached hydrogen (secondary N) is 2. The molecule has 0 saturated heterocycles. The lowest BCUT2D eigenvalue weighted by Crippen LogP contribution is -2.29. The average Bonchev–Trinajstić information content (AvgIpc) is 2.91. The van der Waals surface area contributed by atoms with Crippen molar-refractivity contribution < 1.29 is 9.18 Å². The van der Waals surface area contributed by atoms with Gasteiger partial charge in [-0.1, -0.05) is 29.8 Å². The first-order valence-corrected chi connectivity index (χ1v) is 6.80. The van der Waals surface area contributed by atoms with E-state index in [0.717, 1.165) is 5.56 Å². The zero-order chi connectivity index (χ0) is 15.5. The van der Waals surface area contributed by atoms with Gasteiger partial charge in [0.05, 0.1) is 0 Å². The van der Waals surface area contributed by atoms with Crippen molar-refractivity contribution in [2.24, 2.45) is 0 Å². The number of carbonyl (C=O) groups excluding carboxylic acids is 1. The minimum Gasteiger partial charge on any atom is -0.334 e. The van der Waals surface area contributed by atoms with E-state index >= 15 is 0 Å². The molecule has 2 heterocycles. The Morgan fingerprint density at radius 2 is 1.95 bits per heavy atom. The molecule has 0 spiro atoms. The molecule has 0 aliphatic heterocycles. The highest BCUT2D eigenvalue weighted by atomic mass is 35.5. The molecule has 0 aliphatic rings. The van der Waals surface area contributed by atoms with Crippen LogP contribution in [0.3, 0.4) is 0 Å². The van der Waals surface area contributed by atoms with Crippen LogP contribution < -0.4 is 10.6 Å². The third kappa shape index (κ3) is 2.99. The normalized spacial score (nSPS) is 10.6. The number of amides is 2. The van der Waals surface area contributed by atoms with E-state index in [4.69, 9.17) is 11.6 Å². The van der Waals surface area contributed by atoms with Gasteiger partial charge in [-0.2, -0.15) is 0 Å². The van der Waals surface area contributed by atoms with E-state index in [2.05, 4.69) is 20.8 Å². The van der Waals surface area contributed by atoms with Gasteiger partial charge in [-0.05, 0) is 29.8 Å². The van der Waals surface area contributed by atoms with Crippen molar-refractivity contribution in [1.82, 2.24) is 19.9 Å². The summed E-state index contributed by atoms with van der Waals surface area (Å²) < 4.78 is 14.3. The molecule has 0 radical (unpaired) electrons. The van der Waals surface area contributed by atoms with Crippen molar-refractivity contribution >= 4 is 29.2 Å². The summed E-state index contributed by atoms with van der Waals surface area (Å²) in [6.07, 6.45) is 0. The summed E-state index contributed by atoms with van der Waals surface area (Å²) in [6, 6.07) is 10.5. The Hall–Kier alpha value is -2.67. The van der Waals surface area contributed by atoms with Crippen LogP contribution in [0.2, 0.25) is 5.15 Å². The number of aromatic nitrogens is 3. The van der Waals surface area contributed by atoms with Crippen molar-refractivity contribution in [3.63, 3.8) is 0 Å². The Morgan fingerprint density at radius 1 is 1.18 bits per heavy atom. The molecule has 0 saturated carbocycles. The second-order valence-corrected chi connectivity index (χ2v) is 4.89. The van der Waals surface area contributed by atoms with Crippen LogP contribution in [0.5, 0.6) is 0 Å². The van der Waals surface area contributed by atoms with Crippen molar-refractivity contribution in [2.75, 3.05) is 5.32 Å². The average molecular weight is 320 g/mol. The Morgan fingerprint density at radius 3 is 2.73 bits per heavy atom. The first-order chi connectivity index (χ1) is 10.6. The van der Waals surface area contributed by atoms with Crippen LogP contribution in [0.1, 0.15) is 5.56 Å². The second kappa shape index (κ2) is 5.98. The lowest BCUT2D eigenvalue weighted by Gasteiger charge is -2.07. The van der Waals surface area contributed by atoms with E-state index in [1.54, 1.807) is 30.3 Å². The maximum Gasteiger partial charge on any atom is 0.321 e. The van der Waals surface area contributed by atoms with Gasteiger partial charge in [0.15, 0.2) is 5.65 Å². The number of urea groups is 1. The Kier molecular flexibility index (Phi) is 3.88. The monoisotopic (exact) mass is 319 g/mol. The SMILES string of the molecule is O=C(NCc1ccc(F)cc1)Nc1nnc2cccc(Cl)n12. The van der Waals surface area contributed by atoms with Gasteiger partial charge in [-0.3, -0.25) is 9.72 Å². The Bertz CT molecular complexity index is 818. The lowest BCUT2D eigenvalue weighted by molar-refractivity contribution is 0.251. The van der Waals surface area contributed by atoms with Crippen molar-refractivity contribution in [2.45, 2.75) is 6.54 Å². The van der Waals surface area contributed by atoms with Gasteiger partial charge in [-0.15, -0.1) is 10.2 Å². The van der Waals surface area contributed by atoms with Crippen LogP contribution in [0.25, 0.3) is 5.65 Å². The molecule has 22 heavy (non-hydrogen) atoms. The van der Waals surface area contributed by atoms with Crippen LogP contribution in [0.4, 0.5) is 15.1 Å². The van der Waals surface area contributed by atoms with Crippen LogP contribution in [0.15, 0.2) is 42.5 Å². The Labute approximate surface area is 129 Å². The summed E-state index contributed by atoms with van der Waals surface area (Å²) in [5, 5.41) is 13.4. The molecule has 0 bridgehead atoms. The summed E-state index contributed by atoms with van der Waals surface area (Å²) in [5.41, 5.74) is 1.31. The number of hydrogen-bond donors (Lipinski definition) is 2. The first-order valence-electron chi connectivity index (χ1n) is 6.42. The van der Waals surface area contributed by atoms with E-state index < -0.39 is 6.03 Å². The minimum atomic E-state index is -0.460. The van der Waals surface area contributed by atoms with Crippen molar-refractivity contribution in [3.8, 4) is 0 Å². The minimum absolute atomic E-state index is 0.220. The van der Waals surface area contributed by atoms with Gasteiger partial charge in [-0.25, -0.2) is 9.18 Å². The first kappa shape index (κ1) is 14.3. The highest BCUT2D eigenvalue weighted by Gasteiger charge is 2.11. The molecular formula is C14H11ClFN5O. The zero-order valence-electron chi connectivity index (χ0n) is 11.3. The number of rotatable bonds is 3. The maximum absolute atomic E-state index is 12.8. The molecule has 8 heteroatoms. The highest BCUT2D eigenvalue weighted by molar-refractivity contribution is 6.29. The molecular weight excluding hydrogens is 309 g/mol. The molecule has 2 amide bonds. The van der Waals surface area contributed by atoms with Crippen molar-refractivity contribution in [3.05, 3.63) is 59.0 Å². The zero-order valence-corrected chi connectivity index (χ0v) is 12.0. The largest absolute Gasteiger partial charge is 0.334 e. The molecule has 0 atom stereocenters. The van der Waals surface area contributed by atoms with E-state index in [0.29, 0.717) is 10.8 Å². The topological polar surface area (TPSA) is 71.3 Å².